The second-order valence-electron chi connectivity index (χ2n) is 7.54. The average molecular weight is 387 g/mol. The minimum Gasteiger partial charge on any atom is -0.379 e. The van der Waals surface area contributed by atoms with Gasteiger partial charge in [0.1, 0.15) is 12.4 Å². The van der Waals surface area contributed by atoms with Crippen molar-refractivity contribution in [1.82, 2.24) is 19.4 Å². The van der Waals surface area contributed by atoms with Gasteiger partial charge in [0, 0.05) is 32.6 Å². The van der Waals surface area contributed by atoms with Crippen LogP contribution in [0.25, 0.3) is 11.0 Å². The Kier molecular flexibility index (Phi) is 7.86. The highest BCUT2D eigenvalue weighted by Gasteiger charge is 2.18. The number of nitrogens with zero attached hydrogens (tertiary/aromatic N) is 4. The van der Waals surface area contributed by atoms with E-state index >= 15 is 0 Å². The molecule has 0 aliphatic carbocycles. The monoisotopic (exact) mass is 386 g/mol. The molecule has 6 heteroatoms. The highest BCUT2D eigenvalue weighted by molar-refractivity contribution is 5.81. The van der Waals surface area contributed by atoms with Gasteiger partial charge in [-0.3, -0.25) is 9.69 Å². The summed E-state index contributed by atoms with van der Waals surface area (Å²) in [6, 6.07) is 8.15. The van der Waals surface area contributed by atoms with Gasteiger partial charge in [0.05, 0.1) is 24.2 Å². The molecule has 1 fully saturated rings. The van der Waals surface area contributed by atoms with Crippen LogP contribution in [-0.2, 0) is 22.5 Å². The van der Waals surface area contributed by atoms with E-state index in [0.717, 1.165) is 88.5 Å². The van der Waals surface area contributed by atoms with Gasteiger partial charge in [-0.1, -0.05) is 26.0 Å². The van der Waals surface area contributed by atoms with Gasteiger partial charge < -0.3 is 14.2 Å². The second kappa shape index (κ2) is 10.6. The molecule has 0 unspecified atom stereocenters. The zero-order chi connectivity index (χ0) is 19.8. The zero-order valence-corrected chi connectivity index (χ0v) is 17.4. The molecule has 0 saturated carbocycles. The lowest BCUT2D eigenvalue weighted by Crippen LogP contribution is -2.37. The molecule has 1 saturated heterocycles. The summed E-state index contributed by atoms with van der Waals surface area (Å²) >= 11 is 0. The molecule has 1 amide bonds. The van der Waals surface area contributed by atoms with E-state index in [1.165, 1.54) is 0 Å². The third-order valence-electron chi connectivity index (χ3n) is 5.35. The fraction of sp³-hybridized carbons (Fsp3) is 0.636. The highest BCUT2D eigenvalue weighted by Crippen LogP contribution is 2.18. The minimum atomic E-state index is 0.196. The van der Waals surface area contributed by atoms with Crippen LogP contribution in [0.2, 0.25) is 0 Å². The van der Waals surface area contributed by atoms with Crippen molar-refractivity contribution in [2.24, 2.45) is 0 Å². The van der Waals surface area contributed by atoms with Gasteiger partial charge in [-0.15, -0.1) is 0 Å². The third kappa shape index (κ3) is 5.32. The van der Waals surface area contributed by atoms with Crippen LogP contribution in [0.5, 0.6) is 0 Å². The maximum atomic E-state index is 13.0. The van der Waals surface area contributed by atoms with Gasteiger partial charge in [-0.05, 0) is 37.9 Å². The van der Waals surface area contributed by atoms with Gasteiger partial charge in [0.25, 0.3) is 0 Å². The highest BCUT2D eigenvalue weighted by atomic mass is 16.5. The topological polar surface area (TPSA) is 50.6 Å². The molecular weight excluding hydrogens is 352 g/mol. The fourth-order valence-corrected chi connectivity index (χ4v) is 3.91. The van der Waals surface area contributed by atoms with E-state index in [-0.39, 0.29) is 5.91 Å². The molecule has 2 heterocycles. The number of hydrogen-bond donors (Lipinski definition) is 0. The van der Waals surface area contributed by atoms with E-state index in [1.54, 1.807) is 0 Å². The predicted molar refractivity (Wildman–Crippen MR) is 112 cm³/mol. The largest absolute Gasteiger partial charge is 0.379 e. The van der Waals surface area contributed by atoms with Crippen molar-refractivity contribution in [1.29, 1.82) is 0 Å². The number of rotatable bonds is 10. The molecule has 28 heavy (non-hydrogen) atoms. The van der Waals surface area contributed by atoms with E-state index in [4.69, 9.17) is 9.72 Å². The third-order valence-corrected chi connectivity index (χ3v) is 5.35. The molecule has 1 aliphatic heterocycles. The van der Waals surface area contributed by atoms with Crippen molar-refractivity contribution in [3.05, 3.63) is 30.1 Å². The lowest BCUT2D eigenvalue weighted by atomic mass is 10.2. The van der Waals surface area contributed by atoms with Crippen LogP contribution < -0.4 is 0 Å². The lowest BCUT2D eigenvalue weighted by Gasteiger charge is -2.26. The summed E-state index contributed by atoms with van der Waals surface area (Å²) in [5, 5.41) is 0. The molecule has 1 aliphatic rings. The normalized spacial score (nSPS) is 15.2. The van der Waals surface area contributed by atoms with Crippen LogP contribution in [0, 0.1) is 0 Å². The number of aromatic nitrogens is 2. The van der Waals surface area contributed by atoms with Crippen LogP contribution in [0.15, 0.2) is 24.3 Å². The molecule has 2 aromatic rings. The molecule has 1 aromatic carbocycles. The van der Waals surface area contributed by atoms with Crippen molar-refractivity contribution in [3.63, 3.8) is 0 Å². The van der Waals surface area contributed by atoms with E-state index in [2.05, 4.69) is 29.4 Å². The molecule has 3 rings (SSSR count). The van der Waals surface area contributed by atoms with Crippen LogP contribution in [0.1, 0.15) is 38.9 Å². The molecule has 154 valence electrons. The Bertz CT molecular complexity index is 746. The number of imidazole rings is 1. The summed E-state index contributed by atoms with van der Waals surface area (Å²) in [7, 11) is 0. The maximum absolute atomic E-state index is 13.0. The van der Waals surface area contributed by atoms with E-state index in [9.17, 15) is 4.79 Å². The second-order valence-corrected chi connectivity index (χ2v) is 7.54. The Morgan fingerprint density at radius 2 is 1.86 bits per heavy atom. The number of hydrogen-bond acceptors (Lipinski definition) is 4. The lowest BCUT2D eigenvalue weighted by molar-refractivity contribution is -0.131. The van der Waals surface area contributed by atoms with Crippen LogP contribution in [0.3, 0.4) is 0 Å². The number of morpholine rings is 1. The Balaban J connectivity index is 1.71. The first-order chi connectivity index (χ1) is 13.7. The zero-order valence-electron chi connectivity index (χ0n) is 17.4. The quantitative estimate of drug-likeness (QED) is 0.630. The number of ether oxygens (including phenoxy) is 1. The molecular formula is C22H34N4O2. The van der Waals surface area contributed by atoms with E-state index in [1.807, 2.05) is 23.1 Å². The van der Waals surface area contributed by atoms with Gasteiger partial charge in [-0.25, -0.2) is 4.98 Å². The van der Waals surface area contributed by atoms with Crippen molar-refractivity contribution in [2.45, 2.75) is 46.1 Å². The van der Waals surface area contributed by atoms with Crippen molar-refractivity contribution >= 4 is 16.9 Å². The average Bonchev–Trinajstić information content (AvgIpc) is 3.06. The summed E-state index contributed by atoms with van der Waals surface area (Å²) in [6.45, 7) is 11.0. The van der Waals surface area contributed by atoms with Crippen molar-refractivity contribution in [3.8, 4) is 0 Å². The summed E-state index contributed by atoms with van der Waals surface area (Å²) in [6.07, 6.45) is 3.91. The number of amides is 1. The Hall–Kier alpha value is -1.92. The molecule has 1 aromatic heterocycles. The smallest absolute Gasteiger partial charge is 0.242 e. The fourth-order valence-electron chi connectivity index (χ4n) is 3.91. The minimum absolute atomic E-state index is 0.196. The van der Waals surface area contributed by atoms with Gasteiger partial charge in [-0.2, -0.15) is 0 Å². The van der Waals surface area contributed by atoms with Gasteiger partial charge in [0.15, 0.2) is 0 Å². The summed E-state index contributed by atoms with van der Waals surface area (Å²) in [4.78, 5) is 22.3. The number of fused-ring (bicyclic) bond motifs is 1. The Morgan fingerprint density at radius 1 is 1.14 bits per heavy atom. The number of benzene rings is 1. The molecule has 0 radical (unpaired) electrons. The van der Waals surface area contributed by atoms with Gasteiger partial charge in [0.2, 0.25) is 5.91 Å². The maximum Gasteiger partial charge on any atom is 0.242 e. The summed E-state index contributed by atoms with van der Waals surface area (Å²) < 4.78 is 7.56. The summed E-state index contributed by atoms with van der Waals surface area (Å²) in [5.74, 6) is 1.22. The molecule has 0 bridgehead atoms. The number of para-hydroxylation sites is 2. The SMILES string of the molecule is CCCN(CCC)C(=O)Cn1c(CCCN2CCOCC2)nc2ccccc21. The Labute approximate surface area is 168 Å². The van der Waals surface area contributed by atoms with Crippen molar-refractivity contribution in [2.75, 3.05) is 45.9 Å². The van der Waals surface area contributed by atoms with Crippen LogP contribution in [-0.4, -0.2) is 71.2 Å². The van der Waals surface area contributed by atoms with Gasteiger partial charge >= 0.3 is 0 Å². The predicted octanol–water partition coefficient (Wildman–Crippen LogP) is 2.95. The molecule has 0 atom stereocenters. The molecule has 6 nitrogen and oxygen atoms in total. The standard InChI is InChI=1S/C22H34N4O2/c1-3-11-25(12-4-2)22(27)18-26-20-9-6-5-8-19(20)23-21(26)10-7-13-24-14-16-28-17-15-24/h5-6,8-9H,3-4,7,10-18H2,1-2H3. The number of carbonyl (C=O) groups excluding carboxylic acids is 1. The number of carbonyl (C=O) groups is 1. The van der Waals surface area contributed by atoms with E-state index in [0.29, 0.717) is 6.54 Å². The molecule has 0 N–H and O–H groups in total. The first-order valence-corrected chi connectivity index (χ1v) is 10.7. The Morgan fingerprint density at radius 3 is 2.57 bits per heavy atom. The first-order valence-electron chi connectivity index (χ1n) is 10.7. The first kappa shape index (κ1) is 20.8. The van der Waals surface area contributed by atoms with Crippen LogP contribution >= 0.6 is 0 Å². The van der Waals surface area contributed by atoms with Crippen LogP contribution in [0.4, 0.5) is 0 Å². The molecule has 0 spiro atoms. The number of aryl methyl sites for hydroxylation is 1. The van der Waals surface area contributed by atoms with E-state index < -0.39 is 0 Å². The van der Waals surface area contributed by atoms with Crippen molar-refractivity contribution < 1.29 is 9.53 Å². The summed E-state index contributed by atoms with van der Waals surface area (Å²) in [5.41, 5.74) is 2.04.